The molecule has 1 aliphatic carbocycles. The van der Waals surface area contributed by atoms with Crippen LogP contribution in [0.2, 0.25) is 0 Å². The molecule has 2 aromatic carbocycles. The molecule has 0 atom stereocenters. The Morgan fingerprint density at radius 1 is 1.00 bits per heavy atom. The van der Waals surface area contributed by atoms with Crippen molar-refractivity contribution in [2.24, 2.45) is 5.73 Å². The highest BCUT2D eigenvalue weighted by atomic mass is 16.1. The molecule has 0 bridgehead atoms. The molecule has 1 fully saturated rings. The van der Waals surface area contributed by atoms with E-state index in [0.29, 0.717) is 23.7 Å². The third-order valence-corrected chi connectivity index (χ3v) is 7.21. The molecular formula is C30H28N6O. The summed E-state index contributed by atoms with van der Waals surface area (Å²) in [4.78, 5) is 25.9. The molecule has 3 aromatic heterocycles. The van der Waals surface area contributed by atoms with E-state index in [-0.39, 0.29) is 11.3 Å². The van der Waals surface area contributed by atoms with E-state index in [0.717, 1.165) is 58.4 Å². The number of benzene rings is 2. The van der Waals surface area contributed by atoms with Gasteiger partial charge in [-0.3, -0.25) is 9.36 Å². The molecule has 0 spiro atoms. The lowest BCUT2D eigenvalue weighted by molar-refractivity contribution is -0.116. The van der Waals surface area contributed by atoms with E-state index in [9.17, 15) is 4.79 Å². The van der Waals surface area contributed by atoms with Crippen LogP contribution < -0.4 is 11.5 Å². The first-order valence-electron chi connectivity index (χ1n) is 12.5. The normalized spacial score (nSPS) is 14.4. The van der Waals surface area contributed by atoms with Crippen LogP contribution in [0.15, 0.2) is 79.0 Å². The van der Waals surface area contributed by atoms with Gasteiger partial charge >= 0.3 is 0 Å². The Kier molecular flexibility index (Phi) is 5.57. The van der Waals surface area contributed by atoms with Crippen molar-refractivity contribution in [1.82, 2.24) is 19.5 Å². The fourth-order valence-electron chi connectivity index (χ4n) is 5.07. The first kappa shape index (κ1) is 23.1. The number of imidazole rings is 1. The summed E-state index contributed by atoms with van der Waals surface area (Å²) >= 11 is 0. The van der Waals surface area contributed by atoms with Crippen LogP contribution in [-0.4, -0.2) is 25.3 Å². The number of nitrogens with zero attached hydrogens (tertiary/aromatic N) is 4. The summed E-state index contributed by atoms with van der Waals surface area (Å²) in [6, 6.07) is 24.0. The molecule has 5 aromatic rings. The fraction of sp³-hybridized carbons (Fsp3) is 0.200. The number of fused-ring (bicyclic) bond motifs is 1. The zero-order chi connectivity index (χ0) is 25.6. The third-order valence-electron chi connectivity index (χ3n) is 7.21. The maximum Gasteiger partial charge on any atom is 0.165 e. The molecule has 1 aliphatic rings. The lowest BCUT2D eigenvalue weighted by atomic mass is 9.73. The van der Waals surface area contributed by atoms with Crippen LogP contribution in [0.3, 0.4) is 0 Å². The number of anilines is 1. The number of Topliss-reactive ketones (excluding diaryl/α,β-unsaturated/α-hetero) is 1. The molecule has 7 nitrogen and oxygen atoms in total. The second-order valence-corrected chi connectivity index (χ2v) is 9.88. The van der Waals surface area contributed by atoms with Gasteiger partial charge in [-0.15, -0.1) is 0 Å². The van der Waals surface area contributed by atoms with E-state index in [1.165, 1.54) is 0 Å². The Labute approximate surface area is 215 Å². The maximum absolute atomic E-state index is 11.7. The van der Waals surface area contributed by atoms with Crippen molar-refractivity contribution >= 4 is 22.8 Å². The van der Waals surface area contributed by atoms with Gasteiger partial charge in [-0.1, -0.05) is 30.3 Å². The highest BCUT2D eigenvalue weighted by molar-refractivity contribution is 5.85. The van der Waals surface area contributed by atoms with E-state index in [1.807, 2.05) is 53.1 Å². The monoisotopic (exact) mass is 488 g/mol. The van der Waals surface area contributed by atoms with Crippen molar-refractivity contribution < 1.29 is 4.79 Å². The number of ketones is 1. The summed E-state index contributed by atoms with van der Waals surface area (Å²) in [5.74, 6) is 1.21. The fourth-order valence-corrected chi connectivity index (χ4v) is 5.07. The van der Waals surface area contributed by atoms with Gasteiger partial charge in [-0.25, -0.2) is 15.0 Å². The number of pyridine rings is 2. The molecule has 37 heavy (non-hydrogen) atoms. The topological polar surface area (TPSA) is 113 Å². The van der Waals surface area contributed by atoms with E-state index in [2.05, 4.69) is 29.2 Å². The minimum absolute atomic E-state index is 0.127. The average molecular weight is 489 g/mol. The molecule has 1 saturated carbocycles. The summed E-state index contributed by atoms with van der Waals surface area (Å²) in [6.07, 6.45) is 5.24. The Hall–Kier alpha value is -4.36. The highest BCUT2D eigenvalue weighted by Crippen LogP contribution is 2.39. The van der Waals surface area contributed by atoms with Gasteiger partial charge < -0.3 is 11.5 Å². The number of hydrogen-bond acceptors (Lipinski definition) is 6. The minimum atomic E-state index is -0.234. The van der Waals surface area contributed by atoms with Crippen LogP contribution in [0, 0.1) is 0 Å². The van der Waals surface area contributed by atoms with Gasteiger partial charge in [-0.05, 0) is 79.8 Å². The van der Waals surface area contributed by atoms with Gasteiger partial charge in [0, 0.05) is 29.4 Å². The van der Waals surface area contributed by atoms with Crippen LogP contribution in [0.4, 0.5) is 5.82 Å². The lowest BCUT2D eigenvalue weighted by Gasteiger charge is -2.38. The maximum atomic E-state index is 11.7. The molecule has 184 valence electrons. The molecular weight excluding hydrogens is 460 g/mol. The van der Waals surface area contributed by atoms with Crippen molar-refractivity contribution in [3.8, 4) is 28.3 Å². The largest absolute Gasteiger partial charge is 0.383 e. The van der Waals surface area contributed by atoms with Crippen LogP contribution in [0.1, 0.15) is 37.3 Å². The molecule has 0 unspecified atom stereocenters. The van der Waals surface area contributed by atoms with Gasteiger partial charge in [-0.2, -0.15) is 0 Å². The van der Waals surface area contributed by atoms with E-state index < -0.39 is 0 Å². The number of carbonyl (C=O) groups excluding carboxylic acids is 1. The first-order valence-corrected chi connectivity index (χ1v) is 12.5. The number of nitrogen functional groups attached to an aromatic ring is 1. The second kappa shape index (κ2) is 8.94. The van der Waals surface area contributed by atoms with E-state index >= 15 is 0 Å². The minimum Gasteiger partial charge on any atom is -0.383 e. The van der Waals surface area contributed by atoms with Crippen molar-refractivity contribution in [3.63, 3.8) is 0 Å². The molecule has 0 amide bonds. The van der Waals surface area contributed by atoms with E-state index in [4.69, 9.17) is 21.4 Å². The number of aromatic nitrogens is 4. The zero-order valence-electron chi connectivity index (χ0n) is 20.7. The molecule has 4 N–H and O–H groups in total. The number of nitrogens with two attached hydrogens (primary N) is 2. The average Bonchev–Trinajstić information content (AvgIpc) is 3.26. The van der Waals surface area contributed by atoms with Crippen molar-refractivity contribution in [3.05, 3.63) is 90.1 Å². The van der Waals surface area contributed by atoms with Crippen LogP contribution >= 0.6 is 0 Å². The van der Waals surface area contributed by atoms with Gasteiger partial charge in [0.25, 0.3) is 0 Å². The Morgan fingerprint density at radius 3 is 2.51 bits per heavy atom. The number of carbonyl (C=O) groups is 1. The molecule has 0 saturated heterocycles. The summed E-state index contributed by atoms with van der Waals surface area (Å²) in [5.41, 5.74) is 19.6. The molecule has 7 heteroatoms. The predicted octanol–water partition coefficient (Wildman–Crippen LogP) is 5.20. The molecule has 3 heterocycles. The third kappa shape index (κ3) is 4.17. The molecule has 0 radical (unpaired) electrons. The van der Waals surface area contributed by atoms with Crippen LogP contribution in [0.5, 0.6) is 0 Å². The summed E-state index contributed by atoms with van der Waals surface area (Å²) in [6.45, 7) is 1.60. The standard InChI is InChI=1S/C30H28N6O/c1-19(37)17-20-5-2-6-21(18-20)25-12-13-26-29(34-25)36(28(35-26)24-7-3-16-33-27(24)31)23-10-8-22(9-11-23)30(32)14-4-15-30/h2-3,5-13,16,18H,4,14-15,17,32H2,1H3,(H2,31,33). The quantitative estimate of drug-likeness (QED) is 0.340. The summed E-state index contributed by atoms with van der Waals surface area (Å²) < 4.78 is 2.03. The molecule has 0 aliphatic heterocycles. The lowest BCUT2D eigenvalue weighted by Crippen LogP contribution is -2.43. The number of hydrogen-bond donors (Lipinski definition) is 2. The number of rotatable bonds is 6. The van der Waals surface area contributed by atoms with E-state index in [1.54, 1.807) is 13.1 Å². The molecule has 6 rings (SSSR count). The van der Waals surface area contributed by atoms with Crippen molar-refractivity contribution in [2.75, 3.05) is 5.73 Å². The van der Waals surface area contributed by atoms with Gasteiger partial charge in [0.2, 0.25) is 0 Å². The second-order valence-electron chi connectivity index (χ2n) is 9.88. The van der Waals surface area contributed by atoms with Crippen molar-refractivity contribution in [1.29, 1.82) is 0 Å². The van der Waals surface area contributed by atoms with Gasteiger partial charge in [0.05, 0.1) is 11.3 Å². The Morgan fingerprint density at radius 2 is 1.81 bits per heavy atom. The SMILES string of the molecule is CC(=O)Cc1cccc(-c2ccc3nc(-c4cccnc4N)n(-c4ccc(C5(N)CCC5)cc4)c3n2)c1. The first-order chi connectivity index (χ1) is 17.9. The summed E-state index contributed by atoms with van der Waals surface area (Å²) in [5, 5.41) is 0. The smallest absolute Gasteiger partial charge is 0.165 e. The highest BCUT2D eigenvalue weighted by Gasteiger charge is 2.34. The Bertz CT molecular complexity index is 1630. The van der Waals surface area contributed by atoms with Crippen LogP contribution in [-0.2, 0) is 16.8 Å². The van der Waals surface area contributed by atoms with Gasteiger partial charge in [0.1, 0.15) is 17.1 Å². The summed E-state index contributed by atoms with van der Waals surface area (Å²) in [7, 11) is 0. The Balaban J connectivity index is 1.52. The predicted molar refractivity (Wildman–Crippen MR) is 146 cm³/mol. The van der Waals surface area contributed by atoms with Crippen LogP contribution in [0.25, 0.3) is 39.5 Å². The van der Waals surface area contributed by atoms with Gasteiger partial charge in [0.15, 0.2) is 11.5 Å². The van der Waals surface area contributed by atoms with Crippen molar-refractivity contribution in [2.45, 2.75) is 38.1 Å². The zero-order valence-corrected chi connectivity index (χ0v) is 20.7.